The van der Waals surface area contributed by atoms with Crippen LogP contribution < -0.4 is 16.0 Å². The van der Waals surface area contributed by atoms with Crippen molar-refractivity contribution in [3.05, 3.63) is 24.3 Å². The smallest absolute Gasteiger partial charge is 0.298 e. The zero-order valence-corrected chi connectivity index (χ0v) is 17.7. The maximum atomic E-state index is 12.6. The Morgan fingerprint density at radius 1 is 1.33 bits per heavy atom. The number of nitrogens with two attached hydrogens (primary N) is 1. The maximum Gasteiger partial charge on any atom is 0.298 e. The Hall–Kier alpha value is -1.50. The van der Waals surface area contributed by atoms with Gasteiger partial charge in [-0.25, -0.2) is 0 Å². The number of benzene rings is 1. The SMILES string of the molecule is CC(C)C(C)(CN)NC(=O)C1CCN(c2nc3ccccc3o2)CC1.Cl.Cl. The van der Waals surface area contributed by atoms with Crippen molar-refractivity contribution in [1.82, 2.24) is 10.3 Å². The number of nitrogens with zero attached hydrogens (tertiary/aromatic N) is 2. The second-order valence-corrected chi connectivity index (χ2v) is 7.49. The molecule has 8 heteroatoms. The number of oxazole rings is 1. The molecule has 1 atom stereocenters. The predicted octanol–water partition coefficient (Wildman–Crippen LogP) is 3.38. The fourth-order valence-electron chi connectivity index (χ4n) is 3.14. The van der Waals surface area contributed by atoms with E-state index in [1.165, 1.54) is 0 Å². The molecule has 1 aromatic heterocycles. The van der Waals surface area contributed by atoms with Gasteiger partial charge in [-0.3, -0.25) is 4.79 Å². The van der Waals surface area contributed by atoms with Crippen molar-refractivity contribution >= 4 is 47.8 Å². The molecule has 3 rings (SSSR count). The summed E-state index contributed by atoms with van der Waals surface area (Å²) in [5, 5.41) is 3.17. The molecule has 2 heterocycles. The lowest BCUT2D eigenvalue weighted by molar-refractivity contribution is -0.127. The van der Waals surface area contributed by atoms with Crippen LogP contribution in [0, 0.1) is 11.8 Å². The maximum absolute atomic E-state index is 12.6. The van der Waals surface area contributed by atoms with E-state index in [0.717, 1.165) is 37.0 Å². The number of nitrogens with one attached hydrogen (secondary N) is 1. The second-order valence-electron chi connectivity index (χ2n) is 7.49. The summed E-state index contributed by atoms with van der Waals surface area (Å²) < 4.78 is 5.83. The van der Waals surface area contributed by atoms with E-state index >= 15 is 0 Å². The average molecular weight is 417 g/mol. The molecule has 1 aliphatic heterocycles. The van der Waals surface area contributed by atoms with Crippen molar-refractivity contribution in [3.63, 3.8) is 0 Å². The van der Waals surface area contributed by atoms with Crippen LogP contribution in [0.25, 0.3) is 11.1 Å². The van der Waals surface area contributed by atoms with E-state index in [1.807, 2.05) is 31.2 Å². The van der Waals surface area contributed by atoms with Gasteiger partial charge in [-0.2, -0.15) is 4.98 Å². The molecule has 1 aromatic carbocycles. The first kappa shape index (κ1) is 23.5. The third-order valence-electron chi connectivity index (χ3n) is 5.53. The third-order valence-corrected chi connectivity index (χ3v) is 5.53. The number of carbonyl (C=O) groups is 1. The highest BCUT2D eigenvalue weighted by atomic mass is 35.5. The van der Waals surface area contributed by atoms with Crippen LogP contribution in [0.5, 0.6) is 0 Å². The van der Waals surface area contributed by atoms with Crippen molar-refractivity contribution in [2.45, 2.75) is 39.2 Å². The molecule has 152 valence electrons. The molecular formula is C19H30Cl2N4O2. The van der Waals surface area contributed by atoms with Gasteiger partial charge in [0.2, 0.25) is 5.91 Å². The summed E-state index contributed by atoms with van der Waals surface area (Å²) in [6, 6.07) is 8.41. The zero-order chi connectivity index (χ0) is 18.0. The molecule has 1 saturated heterocycles. The van der Waals surface area contributed by atoms with Crippen LogP contribution >= 0.6 is 24.8 Å². The quantitative estimate of drug-likeness (QED) is 0.779. The fraction of sp³-hybridized carbons (Fsp3) is 0.579. The minimum absolute atomic E-state index is 0. The molecule has 0 spiro atoms. The van der Waals surface area contributed by atoms with Gasteiger partial charge in [-0.1, -0.05) is 26.0 Å². The van der Waals surface area contributed by atoms with Gasteiger partial charge >= 0.3 is 0 Å². The summed E-state index contributed by atoms with van der Waals surface area (Å²) in [7, 11) is 0. The monoisotopic (exact) mass is 416 g/mol. The number of halogens is 2. The van der Waals surface area contributed by atoms with Crippen LogP contribution in [0.2, 0.25) is 0 Å². The van der Waals surface area contributed by atoms with E-state index < -0.39 is 0 Å². The zero-order valence-electron chi connectivity index (χ0n) is 16.1. The van der Waals surface area contributed by atoms with Gasteiger partial charge in [0.25, 0.3) is 6.01 Å². The lowest BCUT2D eigenvalue weighted by Crippen LogP contribution is -2.57. The van der Waals surface area contributed by atoms with Crippen LogP contribution in [0.3, 0.4) is 0 Å². The summed E-state index contributed by atoms with van der Waals surface area (Å²) >= 11 is 0. The Bertz CT molecular complexity index is 711. The third kappa shape index (κ3) is 5.06. The number of anilines is 1. The highest BCUT2D eigenvalue weighted by molar-refractivity contribution is 5.85. The van der Waals surface area contributed by atoms with Gasteiger partial charge in [0.05, 0.1) is 5.54 Å². The van der Waals surface area contributed by atoms with E-state index in [-0.39, 0.29) is 42.2 Å². The molecule has 3 N–H and O–H groups in total. The molecule has 27 heavy (non-hydrogen) atoms. The molecule has 1 aliphatic rings. The number of hydrogen-bond acceptors (Lipinski definition) is 5. The van der Waals surface area contributed by atoms with Crippen LogP contribution in [-0.2, 0) is 4.79 Å². The van der Waals surface area contributed by atoms with Gasteiger partial charge < -0.3 is 20.4 Å². The number of aromatic nitrogens is 1. The molecule has 0 aliphatic carbocycles. The number of amides is 1. The number of para-hydroxylation sites is 2. The van der Waals surface area contributed by atoms with Crippen LogP contribution in [0.15, 0.2) is 28.7 Å². The van der Waals surface area contributed by atoms with E-state index in [2.05, 4.69) is 29.0 Å². The molecule has 2 aromatic rings. The van der Waals surface area contributed by atoms with Crippen LogP contribution in [-0.4, -0.2) is 36.1 Å². The number of piperidine rings is 1. The molecule has 0 radical (unpaired) electrons. The molecule has 0 saturated carbocycles. The highest BCUT2D eigenvalue weighted by Crippen LogP contribution is 2.27. The molecular weight excluding hydrogens is 387 g/mol. The van der Waals surface area contributed by atoms with E-state index in [0.29, 0.717) is 18.5 Å². The van der Waals surface area contributed by atoms with Crippen molar-refractivity contribution in [3.8, 4) is 0 Å². The Morgan fingerprint density at radius 2 is 1.96 bits per heavy atom. The second kappa shape index (κ2) is 9.62. The van der Waals surface area contributed by atoms with Crippen molar-refractivity contribution in [1.29, 1.82) is 0 Å². The minimum Gasteiger partial charge on any atom is -0.423 e. The summed E-state index contributed by atoms with van der Waals surface area (Å²) in [5.74, 6) is 0.422. The minimum atomic E-state index is -0.353. The van der Waals surface area contributed by atoms with Gasteiger partial charge in [0.15, 0.2) is 5.58 Å². The molecule has 6 nitrogen and oxygen atoms in total. The first-order valence-corrected chi connectivity index (χ1v) is 9.05. The Labute approximate surface area is 173 Å². The normalized spacial score (nSPS) is 17.1. The molecule has 0 bridgehead atoms. The number of fused-ring (bicyclic) bond motifs is 1. The Kier molecular flexibility index (Phi) is 8.39. The van der Waals surface area contributed by atoms with Crippen molar-refractivity contribution in [2.75, 3.05) is 24.5 Å². The average Bonchev–Trinajstić information content (AvgIpc) is 3.05. The Morgan fingerprint density at radius 3 is 2.52 bits per heavy atom. The number of hydrogen-bond donors (Lipinski definition) is 2. The van der Waals surface area contributed by atoms with Crippen molar-refractivity contribution in [2.24, 2.45) is 17.6 Å². The first-order valence-electron chi connectivity index (χ1n) is 9.05. The molecule has 1 unspecified atom stereocenters. The summed E-state index contributed by atoms with van der Waals surface area (Å²) in [5.41, 5.74) is 7.19. The van der Waals surface area contributed by atoms with Gasteiger partial charge in [-0.05, 0) is 37.8 Å². The van der Waals surface area contributed by atoms with Crippen LogP contribution in [0.1, 0.15) is 33.6 Å². The van der Waals surface area contributed by atoms with Gasteiger partial charge in [0.1, 0.15) is 5.52 Å². The number of carbonyl (C=O) groups excluding carboxylic acids is 1. The highest BCUT2D eigenvalue weighted by Gasteiger charge is 2.33. The van der Waals surface area contributed by atoms with Crippen LogP contribution in [0.4, 0.5) is 6.01 Å². The summed E-state index contributed by atoms with van der Waals surface area (Å²) in [4.78, 5) is 19.3. The topological polar surface area (TPSA) is 84.4 Å². The van der Waals surface area contributed by atoms with E-state index in [4.69, 9.17) is 10.2 Å². The fourth-order valence-corrected chi connectivity index (χ4v) is 3.14. The lowest BCUT2D eigenvalue weighted by Gasteiger charge is -2.37. The predicted molar refractivity (Wildman–Crippen MR) is 114 cm³/mol. The lowest BCUT2D eigenvalue weighted by atomic mass is 9.86. The molecule has 1 amide bonds. The molecule has 1 fully saturated rings. The summed E-state index contributed by atoms with van der Waals surface area (Å²) in [6.45, 7) is 8.17. The first-order chi connectivity index (χ1) is 11.9. The Balaban J connectivity index is 0.00000182. The van der Waals surface area contributed by atoms with E-state index in [1.54, 1.807) is 0 Å². The number of rotatable bonds is 5. The standard InChI is InChI=1S/C19H28N4O2.2ClH/c1-13(2)19(3,12-20)22-17(24)14-8-10-23(11-9-14)18-21-15-6-4-5-7-16(15)25-18;;/h4-7,13-14H,8-12,20H2,1-3H3,(H,22,24);2*1H. The van der Waals surface area contributed by atoms with Gasteiger partial charge in [0, 0.05) is 25.6 Å². The summed E-state index contributed by atoms with van der Waals surface area (Å²) in [6.07, 6.45) is 1.59. The largest absolute Gasteiger partial charge is 0.423 e. The van der Waals surface area contributed by atoms with Gasteiger partial charge in [-0.15, -0.1) is 24.8 Å². The van der Waals surface area contributed by atoms with E-state index in [9.17, 15) is 4.79 Å². The van der Waals surface area contributed by atoms with Crippen molar-refractivity contribution < 1.29 is 9.21 Å².